The highest BCUT2D eigenvalue weighted by Gasteiger charge is 2.21. The van der Waals surface area contributed by atoms with Crippen molar-refractivity contribution in [1.82, 2.24) is 4.98 Å². The van der Waals surface area contributed by atoms with Crippen molar-refractivity contribution in [3.8, 4) is 10.4 Å². The average Bonchev–Trinajstić information content (AvgIpc) is 2.89. The first-order valence-corrected chi connectivity index (χ1v) is 9.09. The minimum absolute atomic E-state index is 0.0771. The van der Waals surface area contributed by atoms with Gasteiger partial charge < -0.3 is 0 Å². The van der Waals surface area contributed by atoms with Gasteiger partial charge in [-0.3, -0.25) is 10.1 Å². The van der Waals surface area contributed by atoms with Crippen LogP contribution >= 0.6 is 11.3 Å². The second-order valence-corrected chi connectivity index (χ2v) is 7.19. The number of aryl methyl sites for hydroxylation is 3. The Kier molecular flexibility index (Phi) is 4.09. The van der Waals surface area contributed by atoms with Crippen molar-refractivity contribution in [1.29, 1.82) is 0 Å². The lowest BCUT2D eigenvalue weighted by molar-refractivity contribution is 0.102. The van der Waals surface area contributed by atoms with Crippen LogP contribution in [0.4, 0.5) is 9.52 Å². The fourth-order valence-corrected chi connectivity index (χ4v) is 4.34. The first kappa shape index (κ1) is 16.0. The molecule has 3 nitrogen and oxygen atoms in total. The molecule has 1 N–H and O–H groups in total. The molecule has 0 radical (unpaired) electrons. The van der Waals surface area contributed by atoms with E-state index < -0.39 is 11.7 Å². The Morgan fingerprint density at radius 1 is 1.16 bits per heavy atom. The Labute approximate surface area is 149 Å². The van der Waals surface area contributed by atoms with Gasteiger partial charge >= 0.3 is 0 Å². The van der Waals surface area contributed by atoms with E-state index in [1.807, 2.05) is 6.07 Å². The topological polar surface area (TPSA) is 42.0 Å². The van der Waals surface area contributed by atoms with Gasteiger partial charge in [-0.05, 0) is 48.9 Å². The first-order chi connectivity index (χ1) is 12.1. The predicted octanol–water partition coefficient (Wildman–Crippen LogP) is 5.00. The van der Waals surface area contributed by atoms with Crippen LogP contribution in [-0.4, -0.2) is 10.9 Å². The number of hydrogen-bond acceptors (Lipinski definition) is 3. The van der Waals surface area contributed by atoms with Gasteiger partial charge in [-0.25, -0.2) is 9.37 Å². The van der Waals surface area contributed by atoms with E-state index in [2.05, 4.69) is 28.5 Å². The number of amides is 1. The third-order valence-corrected chi connectivity index (χ3v) is 5.53. The molecule has 0 aliphatic heterocycles. The molecule has 0 spiro atoms. The number of thiazole rings is 1. The summed E-state index contributed by atoms with van der Waals surface area (Å²) in [5.41, 5.74) is 4.20. The van der Waals surface area contributed by atoms with E-state index in [9.17, 15) is 9.18 Å². The second-order valence-electron chi connectivity index (χ2n) is 6.19. The van der Waals surface area contributed by atoms with Crippen LogP contribution in [0.5, 0.6) is 0 Å². The van der Waals surface area contributed by atoms with Gasteiger partial charge in [0.25, 0.3) is 5.91 Å². The monoisotopic (exact) mass is 352 g/mol. The largest absolute Gasteiger partial charge is 0.298 e. The Morgan fingerprint density at radius 3 is 2.84 bits per heavy atom. The number of hydrogen-bond donors (Lipinski definition) is 1. The molecule has 0 saturated carbocycles. The molecule has 0 unspecified atom stereocenters. The quantitative estimate of drug-likeness (QED) is 0.705. The van der Waals surface area contributed by atoms with Crippen LogP contribution in [0, 0.1) is 12.7 Å². The molecular weight excluding hydrogens is 335 g/mol. The molecule has 5 heteroatoms. The molecule has 0 fully saturated rings. The number of halogens is 1. The molecule has 0 atom stereocenters. The van der Waals surface area contributed by atoms with Crippen molar-refractivity contribution in [2.75, 3.05) is 5.32 Å². The molecule has 1 aromatic heterocycles. The Bertz CT molecular complexity index is 944. The smallest absolute Gasteiger partial charge is 0.260 e. The lowest BCUT2D eigenvalue weighted by Crippen LogP contribution is -2.15. The molecular formula is C20H17FN2OS. The maximum absolute atomic E-state index is 14.0. The maximum atomic E-state index is 14.0. The second kappa shape index (κ2) is 6.41. The molecule has 1 amide bonds. The van der Waals surface area contributed by atoms with Gasteiger partial charge in [-0.2, -0.15) is 0 Å². The van der Waals surface area contributed by atoms with Gasteiger partial charge in [-0.15, -0.1) is 0 Å². The number of rotatable bonds is 2. The lowest BCUT2D eigenvalue weighted by atomic mass is 10.0. The van der Waals surface area contributed by atoms with Crippen LogP contribution in [0.25, 0.3) is 10.4 Å². The summed E-state index contributed by atoms with van der Waals surface area (Å²) < 4.78 is 14.0. The lowest BCUT2D eigenvalue weighted by Gasteiger charge is -2.06. The number of anilines is 1. The standard InChI is InChI=1S/C20H17FN2OS/c1-12-6-4-10-15(21)17(12)19(24)23-20-22-16-11-5-8-13-7-2-3-9-14(13)18(16)25-20/h2-4,6-7,9-10H,5,8,11H2,1H3,(H,22,23,24). The summed E-state index contributed by atoms with van der Waals surface area (Å²) in [4.78, 5) is 18.2. The van der Waals surface area contributed by atoms with Crippen molar-refractivity contribution >= 4 is 22.4 Å². The van der Waals surface area contributed by atoms with Crippen molar-refractivity contribution in [3.63, 3.8) is 0 Å². The van der Waals surface area contributed by atoms with E-state index >= 15 is 0 Å². The van der Waals surface area contributed by atoms with Crippen LogP contribution in [0.3, 0.4) is 0 Å². The fourth-order valence-electron chi connectivity index (χ4n) is 3.27. The number of benzene rings is 2. The minimum Gasteiger partial charge on any atom is -0.298 e. The van der Waals surface area contributed by atoms with Gasteiger partial charge in [0.2, 0.25) is 0 Å². The maximum Gasteiger partial charge on any atom is 0.260 e. The minimum atomic E-state index is -0.513. The number of carbonyl (C=O) groups is 1. The third kappa shape index (κ3) is 2.96. The summed E-state index contributed by atoms with van der Waals surface area (Å²) in [5, 5.41) is 3.30. The van der Waals surface area contributed by atoms with Gasteiger partial charge in [0, 0.05) is 0 Å². The highest BCUT2D eigenvalue weighted by molar-refractivity contribution is 7.19. The summed E-state index contributed by atoms with van der Waals surface area (Å²) >= 11 is 1.46. The fraction of sp³-hybridized carbons (Fsp3) is 0.200. The summed E-state index contributed by atoms with van der Waals surface area (Å²) in [6, 6.07) is 12.9. The van der Waals surface area contributed by atoms with Gasteiger partial charge in [0.15, 0.2) is 5.13 Å². The van der Waals surface area contributed by atoms with Crippen molar-refractivity contribution in [2.45, 2.75) is 26.2 Å². The molecule has 0 saturated heterocycles. The van der Waals surface area contributed by atoms with E-state index in [4.69, 9.17) is 0 Å². The van der Waals surface area contributed by atoms with Crippen LogP contribution in [0.1, 0.15) is 33.6 Å². The molecule has 1 heterocycles. The van der Waals surface area contributed by atoms with Crippen molar-refractivity contribution in [2.24, 2.45) is 0 Å². The molecule has 126 valence electrons. The zero-order chi connectivity index (χ0) is 17.4. The van der Waals surface area contributed by atoms with Gasteiger partial charge in [0.1, 0.15) is 5.82 Å². The molecule has 1 aliphatic carbocycles. The van der Waals surface area contributed by atoms with Crippen molar-refractivity contribution in [3.05, 3.63) is 70.7 Å². The Balaban J connectivity index is 1.68. The molecule has 1 aliphatic rings. The predicted molar refractivity (Wildman–Crippen MR) is 98.7 cm³/mol. The highest BCUT2D eigenvalue weighted by Crippen LogP contribution is 2.38. The molecule has 25 heavy (non-hydrogen) atoms. The van der Waals surface area contributed by atoms with E-state index in [1.54, 1.807) is 19.1 Å². The molecule has 2 aromatic carbocycles. The van der Waals surface area contributed by atoms with Crippen molar-refractivity contribution < 1.29 is 9.18 Å². The summed E-state index contributed by atoms with van der Waals surface area (Å²) in [6.45, 7) is 1.73. The van der Waals surface area contributed by atoms with E-state index in [1.165, 1.54) is 28.5 Å². The molecule has 0 bridgehead atoms. The van der Waals surface area contributed by atoms with Crippen LogP contribution in [0.2, 0.25) is 0 Å². The Morgan fingerprint density at radius 2 is 2.00 bits per heavy atom. The number of nitrogens with one attached hydrogen (secondary N) is 1. The van der Waals surface area contributed by atoms with Crippen LogP contribution < -0.4 is 5.32 Å². The van der Waals surface area contributed by atoms with Crippen LogP contribution in [0.15, 0.2) is 42.5 Å². The number of carbonyl (C=O) groups excluding carboxylic acids is 1. The first-order valence-electron chi connectivity index (χ1n) is 8.28. The number of aromatic nitrogens is 1. The zero-order valence-electron chi connectivity index (χ0n) is 13.8. The summed E-state index contributed by atoms with van der Waals surface area (Å²) in [7, 11) is 0. The van der Waals surface area contributed by atoms with E-state index in [0.29, 0.717) is 10.7 Å². The van der Waals surface area contributed by atoms with Crippen LogP contribution in [-0.2, 0) is 12.8 Å². The zero-order valence-corrected chi connectivity index (χ0v) is 14.6. The van der Waals surface area contributed by atoms with Gasteiger partial charge in [0.05, 0.1) is 16.1 Å². The summed E-state index contributed by atoms with van der Waals surface area (Å²) in [6.07, 6.45) is 2.96. The van der Waals surface area contributed by atoms with E-state index in [0.717, 1.165) is 29.8 Å². The normalized spacial score (nSPS) is 12.9. The highest BCUT2D eigenvalue weighted by atomic mass is 32.1. The third-order valence-electron chi connectivity index (χ3n) is 4.49. The van der Waals surface area contributed by atoms with Gasteiger partial charge in [-0.1, -0.05) is 47.7 Å². The number of nitrogens with zero attached hydrogens (tertiary/aromatic N) is 1. The molecule has 4 rings (SSSR count). The SMILES string of the molecule is Cc1cccc(F)c1C(=O)Nc1nc2c(s1)-c1ccccc1CCC2. The van der Waals surface area contributed by atoms with E-state index in [-0.39, 0.29) is 5.56 Å². The Hall–Kier alpha value is -2.53. The average molecular weight is 352 g/mol. The summed E-state index contributed by atoms with van der Waals surface area (Å²) in [5.74, 6) is -0.964. The number of fused-ring (bicyclic) bond motifs is 3. The molecule has 3 aromatic rings.